The summed E-state index contributed by atoms with van der Waals surface area (Å²) in [5, 5.41) is 3.35. The molecule has 90 valence electrons. The van der Waals surface area contributed by atoms with Crippen molar-refractivity contribution >= 4 is 0 Å². The van der Waals surface area contributed by atoms with Gasteiger partial charge in [-0.1, -0.05) is 43.7 Å². The zero-order valence-corrected chi connectivity index (χ0v) is 10.9. The molecule has 0 heterocycles. The molecule has 0 spiro atoms. The van der Waals surface area contributed by atoms with E-state index in [1.54, 1.807) is 7.11 Å². The van der Waals surface area contributed by atoms with Crippen molar-refractivity contribution in [2.24, 2.45) is 5.92 Å². The molecule has 0 aromatic heterocycles. The van der Waals surface area contributed by atoms with Crippen LogP contribution in [0, 0.1) is 12.8 Å². The largest absolute Gasteiger partial charge is 0.379 e. The Labute approximate surface area is 99.0 Å². The van der Waals surface area contributed by atoms with Gasteiger partial charge in [0.25, 0.3) is 0 Å². The average Bonchev–Trinajstić information content (AvgIpc) is 2.26. The van der Waals surface area contributed by atoms with Gasteiger partial charge in [-0.2, -0.15) is 0 Å². The molecule has 2 atom stereocenters. The SMILES string of the molecule is CNC(c1ccc(C)cc1)C(OC)C(C)C. The zero-order valence-electron chi connectivity index (χ0n) is 10.9. The van der Waals surface area contributed by atoms with Crippen LogP contribution in [-0.2, 0) is 4.74 Å². The molecule has 1 aromatic rings. The van der Waals surface area contributed by atoms with Crippen LogP contribution in [0.25, 0.3) is 0 Å². The van der Waals surface area contributed by atoms with Gasteiger partial charge in [0.15, 0.2) is 0 Å². The van der Waals surface area contributed by atoms with Crippen LogP contribution in [-0.4, -0.2) is 20.3 Å². The van der Waals surface area contributed by atoms with Crippen LogP contribution < -0.4 is 5.32 Å². The highest BCUT2D eigenvalue weighted by Gasteiger charge is 2.24. The second-order valence-corrected chi connectivity index (χ2v) is 4.62. The number of aryl methyl sites for hydroxylation is 1. The molecule has 0 saturated heterocycles. The molecule has 0 aliphatic heterocycles. The van der Waals surface area contributed by atoms with E-state index in [0.717, 1.165) is 0 Å². The summed E-state index contributed by atoms with van der Waals surface area (Å²) in [5.74, 6) is 0.490. The Morgan fingerprint density at radius 3 is 2.06 bits per heavy atom. The molecule has 1 rings (SSSR count). The number of ether oxygens (including phenoxy) is 1. The molecule has 0 fully saturated rings. The van der Waals surface area contributed by atoms with Crippen molar-refractivity contribution in [3.63, 3.8) is 0 Å². The molecule has 1 aromatic carbocycles. The van der Waals surface area contributed by atoms with E-state index in [2.05, 4.69) is 50.4 Å². The van der Waals surface area contributed by atoms with Crippen molar-refractivity contribution in [2.45, 2.75) is 32.9 Å². The van der Waals surface area contributed by atoms with Crippen LogP contribution in [0.2, 0.25) is 0 Å². The first kappa shape index (κ1) is 13.2. The molecule has 0 bridgehead atoms. The summed E-state index contributed by atoms with van der Waals surface area (Å²) in [6, 6.07) is 8.89. The molecule has 0 radical (unpaired) electrons. The van der Waals surface area contributed by atoms with Crippen LogP contribution in [0.4, 0.5) is 0 Å². The lowest BCUT2D eigenvalue weighted by Crippen LogP contribution is -2.34. The smallest absolute Gasteiger partial charge is 0.0788 e. The van der Waals surface area contributed by atoms with Gasteiger partial charge in [0.1, 0.15) is 0 Å². The lowest BCUT2D eigenvalue weighted by Gasteiger charge is -2.29. The first-order chi connectivity index (χ1) is 7.60. The summed E-state index contributed by atoms with van der Waals surface area (Å²) in [6.45, 7) is 6.48. The van der Waals surface area contributed by atoms with Crippen molar-refractivity contribution in [1.82, 2.24) is 5.32 Å². The summed E-state index contributed by atoms with van der Waals surface area (Å²) >= 11 is 0. The molecule has 2 nitrogen and oxygen atoms in total. The van der Waals surface area contributed by atoms with Gasteiger partial charge in [0, 0.05) is 7.11 Å². The van der Waals surface area contributed by atoms with Crippen LogP contribution in [0.15, 0.2) is 24.3 Å². The maximum absolute atomic E-state index is 5.59. The highest BCUT2D eigenvalue weighted by molar-refractivity contribution is 5.25. The Morgan fingerprint density at radius 2 is 1.69 bits per heavy atom. The van der Waals surface area contributed by atoms with E-state index in [9.17, 15) is 0 Å². The molecule has 16 heavy (non-hydrogen) atoms. The predicted octanol–water partition coefficient (Wildman–Crippen LogP) is 2.93. The second-order valence-electron chi connectivity index (χ2n) is 4.62. The first-order valence-electron chi connectivity index (χ1n) is 5.86. The van der Waals surface area contributed by atoms with Crippen LogP contribution in [0.5, 0.6) is 0 Å². The number of likely N-dealkylation sites (N-methyl/N-ethyl adjacent to an activating group) is 1. The highest BCUT2D eigenvalue weighted by atomic mass is 16.5. The topological polar surface area (TPSA) is 21.3 Å². The van der Waals surface area contributed by atoms with Crippen molar-refractivity contribution in [3.8, 4) is 0 Å². The Kier molecular flexibility index (Phi) is 4.97. The fourth-order valence-corrected chi connectivity index (χ4v) is 2.09. The summed E-state index contributed by atoms with van der Waals surface area (Å²) in [4.78, 5) is 0. The summed E-state index contributed by atoms with van der Waals surface area (Å²) < 4.78 is 5.59. The summed E-state index contributed by atoms with van der Waals surface area (Å²) in [5.41, 5.74) is 2.57. The fraction of sp³-hybridized carbons (Fsp3) is 0.571. The minimum Gasteiger partial charge on any atom is -0.379 e. The van der Waals surface area contributed by atoms with Gasteiger partial charge >= 0.3 is 0 Å². The fourth-order valence-electron chi connectivity index (χ4n) is 2.09. The zero-order chi connectivity index (χ0) is 12.1. The number of rotatable bonds is 5. The number of methoxy groups -OCH3 is 1. The molecule has 1 N–H and O–H groups in total. The van der Waals surface area contributed by atoms with E-state index >= 15 is 0 Å². The molecule has 0 amide bonds. The Hall–Kier alpha value is -0.860. The van der Waals surface area contributed by atoms with Crippen LogP contribution >= 0.6 is 0 Å². The third-order valence-corrected chi connectivity index (χ3v) is 3.01. The minimum atomic E-state index is 0.202. The van der Waals surface area contributed by atoms with E-state index in [1.807, 2.05) is 7.05 Å². The van der Waals surface area contributed by atoms with Crippen LogP contribution in [0.3, 0.4) is 0 Å². The Morgan fingerprint density at radius 1 is 1.12 bits per heavy atom. The van der Waals surface area contributed by atoms with Crippen molar-refractivity contribution in [2.75, 3.05) is 14.2 Å². The second kappa shape index (κ2) is 6.02. The van der Waals surface area contributed by atoms with E-state index in [1.165, 1.54) is 11.1 Å². The first-order valence-corrected chi connectivity index (χ1v) is 5.86. The predicted molar refractivity (Wildman–Crippen MR) is 68.6 cm³/mol. The molecule has 2 unspecified atom stereocenters. The average molecular weight is 221 g/mol. The lowest BCUT2D eigenvalue weighted by molar-refractivity contribution is 0.0348. The quantitative estimate of drug-likeness (QED) is 0.825. The molecular weight excluding hydrogens is 198 g/mol. The van der Waals surface area contributed by atoms with E-state index < -0.39 is 0 Å². The standard InChI is InChI=1S/C14H23NO/c1-10(2)14(16-5)13(15-4)12-8-6-11(3)7-9-12/h6-10,13-15H,1-5H3. The minimum absolute atomic E-state index is 0.202. The summed E-state index contributed by atoms with van der Waals surface area (Å²) in [6.07, 6.45) is 0.202. The number of nitrogens with one attached hydrogen (secondary N) is 1. The summed E-state index contributed by atoms with van der Waals surface area (Å²) in [7, 11) is 3.77. The van der Waals surface area contributed by atoms with Gasteiger partial charge in [-0.05, 0) is 25.5 Å². The molecule has 0 aliphatic rings. The maximum Gasteiger partial charge on any atom is 0.0788 e. The van der Waals surface area contributed by atoms with Gasteiger partial charge in [-0.15, -0.1) is 0 Å². The third-order valence-electron chi connectivity index (χ3n) is 3.01. The highest BCUT2D eigenvalue weighted by Crippen LogP contribution is 2.24. The molecule has 0 saturated carbocycles. The number of benzene rings is 1. The van der Waals surface area contributed by atoms with Crippen LogP contribution in [0.1, 0.15) is 31.0 Å². The number of hydrogen-bond donors (Lipinski definition) is 1. The van der Waals surface area contributed by atoms with Gasteiger partial charge in [0.2, 0.25) is 0 Å². The molecule has 0 aliphatic carbocycles. The molecular formula is C14H23NO. The van der Waals surface area contributed by atoms with Crippen molar-refractivity contribution < 1.29 is 4.74 Å². The van der Waals surface area contributed by atoms with Crippen molar-refractivity contribution in [3.05, 3.63) is 35.4 Å². The van der Waals surface area contributed by atoms with Crippen molar-refractivity contribution in [1.29, 1.82) is 0 Å². The van der Waals surface area contributed by atoms with Gasteiger partial charge in [-0.3, -0.25) is 0 Å². The third kappa shape index (κ3) is 3.06. The van der Waals surface area contributed by atoms with Gasteiger partial charge in [0.05, 0.1) is 12.1 Å². The van der Waals surface area contributed by atoms with E-state index in [0.29, 0.717) is 5.92 Å². The molecule has 2 heteroatoms. The van der Waals surface area contributed by atoms with Gasteiger partial charge < -0.3 is 10.1 Å². The monoisotopic (exact) mass is 221 g/mol. The van der Waals surface area contributed by atoms with E-state index in [-0.39, 0.29) is 12.1 Å². The van der Waals surface area contributed by atoms with E-state index in [4.69, 9.17) is 4.74 Å². The maximum atomic E-state index is 5.59. The number of hydrogen-bond acceptors (Lipinski definition) is 2. The Bertz CT molecular complexity index is 305. The normalized spacial score (nSPS) is 15.1. The Balaban J connectivity index is 2.92. The van der Waals surface area contributed by atoms with Gasteiger partial charge in [-0.25, -0.2) is 0 Å². The lowest BCUT2D eigenvalue weighted by atomic mass is 9.93.